The Kier molecular flexibility index (Phi) is 4.69. The molecule has 0 amide bonds. The van der Waals surface area contributed by atoms with Crippen molar-refractivity contribution in [2.45, 2.75) is 24.5 Å². The maximum atomic E-state index is 9.05. The predicted molar refractivity (Wildman–Crippen MR) is 58.6 cm³/mol. The van der Waals surface area contributed by atoms with E-state index in [1.165, 1.54) is 6.33 Å². The van der Waals surface area contributed by atoms with Crippen LogP contribution in [0.3, 0.4) is 0 Å². The number of aliphatic hydroxyl groups excluding tert-OH is 1. The van der Waals surface area contributed by atoms with Crippen LogP contribution in [0.5, 0.6) is 0 Å². The molecule has 1 unspecified atom stereocenters. The van der Waals surface area contributed by atoms with E-state index in [2.05, 4.69) is 15.3 Å². The van der Waals surface area contributed by atoms with Crippen molar-refractivity contribution in [2.75, 3.05) is 18.1 Å². The Morgan fingerprint density at radius 2 is 2.36 bits per heavy atom. The molecule has 14 heavy (non-hydrogen) atoms. The number of hydrogen-bond acceptors (Lipinski definition) is 5. The van der Waals surface area contributed by atoms with Crippen LogP contribution in [-0.4, -0.2) is 34.0 Å². The van der Waals surface area contributed by atoms with Crippen LogP contribution in [0.4, 0.5) is 5.82 Å². The van der Waals surface area contributed by atoms with Crippen molar-refractivity contribution in [3.63, 3.8) is 0 Å². The molecule has 0 radical (unpaired) electrons. The summed E-state index contributed by atoms with van der Waals surface area (Å²) in [4.78, 5) is 8.13. The average molecular weight is 213 g/mol. The van der Waals surface area contributed by atoms with Crippen molar-refractivity contribution < 1.29 is 5.11 Å². The molecule has 78 valence electrons. The first-order valence-electron chi connectivity index (χ1n) is 4.50. The second kappa shape index (κ2) is 5.82. The summed E-state index contributed by atoms with van der Waals surface area (Å²) in [6.07, 6.45) is 3.96. The fourth-order valence-electron chi connectivity index (χ4n) is 0.957. The molecule has 1 aromatic heterocycles. The van der Waals surface area contributed by atoms with E-state index in [0.29, 0.717) is 0 Å². The fourth-order valence-corrected chi connectivity index (χ4v) is 1.34. The van der Waals surface area contributed by atoms with Crippen molar-refractivity contribution >= 4 is 17.6 Å². The first-order chi connectivity index (χ1) is 6.72. The highest BCUT2D eigenvalue weighted by Crippen LogP contribution is 2.13. The summed E-state index contributed by atoms with van der Waals surface area (Å²) < 4.78 is 0. The van der Waals surface area contributed by atoms with Crippen LogP contribution in [0.2, 0.25) is 0 Å². The fraction of sp³-hybridized carbons (Fsp3) is 0.556. The van der Waals surface area contributed by atoms with Gasteiger partial charge in [0.25, 0.3) is 0 Å². The molecule has 0 saturated heterocycles. The van der Waals surface area contributed by atoms with E-state index in [1.807, 2.05) is 12.3 Å². The van der Waals surface area contributed by atoms with Gasteiger partial charge in [0.15, 0.2) is 0 Å². The summed E-state index contributed by atoms with van der Waals surface area (Å²) in [5.41, 5.74) is 0. The molecule has 0 aromatic carbocycles. The van der Waals surface area contributed by atoms with Crippen molar-refractivity contribution in [3.8, 4) is 0 Å². The highest BCUT2D eigenvalue weighted by atomic mass is 32.2. The van der Waals surface area contributed by atoms with Crippen molar-refractivity contribution in [3.05, 3.63) is 12.4 Å². The number of rotatable bonds is 5. The Labute approximate surface area is 88.2 Å². The van der Waals surface area contributed by atoms with E-state index >= 15 is 0 Å². The van der Waals surface area contributed by atoms with E-state index in [4.69, 9.17) is 5.11 Å². The molecule has 1 atom stereocenters. The van der Waals surface area contributed by atoms with Crippen LogP contribution >= 0.6 is 11.8 Å². The van der Waals surface area contributed by atoms with Crippen LogP contribution in [-0.2, 0) is 0 Å². The molecule has 1 aromatic rings. The Balaban J connectivity index is 2.42. The lowest BCUT2D eigenvalue weighted by Gasteiger charge is -2.07. The molecule has 0 aliphatic carbocycles. The molecule has 4 nitrogen and oxygen atoms in total. The Hall–Kier alpha value is -0.810. The SMILES string of the molecule is CSc1cc(NCCC(C)O)ncn1. The van der Waals surface area contributed by atoms with E-state index < -0.39 is 0 Å². The lowest BCUT2D eigenvalue weighted by Crippen LogP contribution is -2.10. The number of thioether (sulfide) groups is 1. The van der Waals surface area contributed by atoms with Crippen LogP contribution in [0.25, 0.3) is 0 Å². The van der Waals surface area contributed by atoms with Gasteiger partial charge < -0.3 is 10.4 Å². The summed E-state index contributed by atoms with van der Waals surface area (Å²) in [5.74, 6) is 0.810. The van der Waals surface area contributed by atoms with Gasteiger partial charge in [-0.05, 0) is 19.6 Å². The van der Waals surface area contributed by atoms with E-state index in [0.717, 1.165) is 23.8 Å². The maximum absolute atomic E-state index is 9.05. The highest BCUT2D eigenvalue weighted by molar-refractivity contribution is 7.98. The number of hydrogen-bond donors (Lipinski definition) is 2. The van der Waals surface area contributed by atoms with Gasteiger partial charge in [-0.2, -0.15) is 0 Å². The normalized spacial score (nSPS) is 12.5. The molecule has 0 spiro atoms. The molecule has 1 rings (SSSR count). The second-order valence-corrected chi connectivity index (χ2v) is 3.84. The van der Waals surface area contributed by atoms with Gasteiger partial charge in [0.1, 0.15) is 17.2 Å². The minimum Gasteiger partial charge on any atom is -0.393 e. The van der Waals surface area contributed by atoms with Gasteiger partial charge in [-0.1, -0.05) is 0 Å². The third-order valence-electron chi connectivity index (χ3n) is 1.72. The van der Waals surface area contributed by atoms with E-state index in [-0.39, 0.29) is 6.10 Å². The first kappa shape index (κ1) is 11.3. The standard InChI is InChI=1S/C9H15N3OS/c1-7(13)3-4-10-8-5-9(14-2)12-6-11-8/h5-7,13H,3-4H2,1-2H3,(H,10,11,12). The van der Waals surface area contributed by atoms with Crippen molar-refractivity contribution in [1.29, 1.82) is 0 Å². The monoisotopic (exact) mass is 213 g/mol. The maximum Gasteiger partial charge on any atom is 0.130 e. The van der Waals surface area contributed by atoms with Crippen molar-refractivity contribution in [2.24, 2.45) is 0 Å². The Morgan fingerprint density at radius 3 is 3.00 bits per heavy atom. The lowest BCUT2D eigenvalue weighted by molar-refractivity contribution is 0.188. The number of aliphatic hydroxyl groups is 1. The molecular formula is C9H15N3OS. The van der Waals surface area contributed by atoms with E-state index in [9.17, 15) is 0 Å². The van der Waals surface area contributed by atoms with Gasteiger partial charge in [-0.25, -0.2) is 9.97 Å². The predicted octanol–water partition coefficient (Wildman–Crippen LogP) is 1.38. The third kappa shape index (κ3) is 3.93. The second-order valence-electron chi connectivity index (χ2n) is 3.01. The molecule has 5 heteroatoms. The zero-order valence-corrected chi connectivity index (χ0v) is 9.21. The average Bonchev–Trinajstić information content (AvgIpc) is 2.18. The third-order valence-corrected chi connectivity index (χ3v) is 2.36. The smallest absolute Gasteiger partial charge is 0.130 e. The summed E-state index contributed by atoms with van der Waals surface area (Å²) in [5, 5.41) is 13.1. The summed E-state index contributed by atoms with van der Waals surface area (Å²) in [6.45, 7) is 2.50. The van der Waals surface area contributed by atoms with Crippen LogP contribution in [0, 0.1) is 0 Å². The topological polar surface area (TPSA) is 58.0 Å². The highest BCUT2D eigenvalue weighted by Gasteiger charge is 1.98. The van der Waals surface area contributed by atoms with Crippen LogP contribution < -0.4 is 5.32 Å². The molecule has 0 bridgehead atoms. The van der Waals surface area contributed by atoms with Gasteiger partial charge >= 0.3 is 0 Å². The summed E-state index contributed by atoms with van der Waals surface area (Å²) in [6, 6.07) is 1.90. The quantitative estimate of drug-likeness (QED) is 0.571. The van der Waals surface area contributed by atoms with Gasteiger partial charge in [-0.15, -0.1) is 11.8 Å². The Morgan fingerprint density at radius 1 is 1.57 bits per heavy atom. The van der Waals surface area contributed by atoms with Gasteiger partial charge in [0.2, 0.25) is 0 Å². The first-order valence-corrected chi connectivity index (χ1v) is 5.73. The molecule has 0 aliphatic heterocycles. The zero-order valence-electron chi connectivity index (χ0n) is 8.40. The van der Waals surface area contributed by atoms with Gasteiger partial charge in [0, 0.05) is 12.6 Å². The molecule has 0 fully saturated rings. The minimum absolute atomic E-state index is 0.274. The molecule has 0 saturated carbocycles. The Bertz CT molecular complexity index is 281. The number of aromatic nitrogens is 2. The van der Waals surface area contributed by atoms with Gasteiger partial charge in [-0.3, -0.25) is 0 Å². The molecule has 2 N–H and O–H groups in total. The van der Waals surface area contributed by atoms with E-state index in [1.54, 1.807) is 18.7 Å². The van der Waals surface area contributed by atoms with Crippen LogP contribution in [0.15, 0.2) is 17.4 Å². The van der Waals surface area contributed by atoms with Crippen LogP contribution in [0.1, 0.15) is 13.3 Å². The zero-order chi connectivity index (χ0) is 10.4. The van der Waals surface area contributed by atoms with Gasteiger partial charge in [0.05, 0.1) is 6.10 Å². The summed E-state index contributed by atoms with van der Waals surface area (Å²) >= 11 is 1.58. The summed E-state index contributed by atoms with van der Waals surface area (Å²) in [7, 11) is 0. The number of nitrogens with one attached hydrogen (secondary N) is 1. The largest absolute Gasteiger partial charge is 0.393 e. The number of anilines is 1. The van der Waals surface area contributed by atoms with Crippen molar-refractivity contribution in [1.82, 2.24) is 9.97 Å². The molecular weight excluding hydrogens is 198 g/mol. The lowest BCUT2D eigenvalue weighted by atomic mass is 10.3. The number of nitrogens with zero attached hydrogens (tertiary/aromatic N) is 2. The molecule has 0 aliphatic rings. The minimum atomic E-state index is -0.274. The molecule has 1 heterocycles.